The molecule has 0 fully saturated rings. The molecule has 1 rings (SSSR count). The Hall–Kier alpha value is -2.04. The third kappa shape index (κ3) is 4.91. The summed E-state index contributed by atoms with van der Waals surface area (Å²) in [6.45, 7) is 3.89. The van der Waals surface area contributed by atoms with Gasteiger partial charge in [0, 0.05) is 18.5 Å². The molecule has 0 aliphatic rings. The minimum absolute atomic E-state index is 0.221. The Labute approximate surface area is 119 Å². The third-order valence-electron chi connectivity index (χ3n) is 2.75. The number of nitrogens with zero attached hydrogens (tertiary/aromatic N) is 1. The Balaban J connectivity index is 2.85. The highest BCUT2D eigenvalue weighted by Crippen LogP contribution is 2.19. The summed E-state index contributed by atoms with van der Waals surface area (Å²) in [5.74, 6) is -0.629. The van der Waals surface area contributed by atoms with Crippen LogP contribution in [0.2, 0.25) is 0 Å². The first-order chi connectivity index (χ1) is 9.58. The minimum Gasteiger partial charge on any atom is -0.399 e. The molecule has 0 aliphatic heterocycles. The molecule has 2 N–H and O–H groups in total. The fourth-order valence-electron chi connectivity index (χ4n) is 1.64. The van der Waals surface area contributed by atoms with Gasteiger partial charge in [0.25, 0.3) is 5.91 Å². The van der Waals surface area contributed by atoms with Crippen LogP contribution in [0.3, 0.4) is 0 Å². The molecule has 0 spiro atoms. The highest BCUT2D eigenvalue weighted by Gasteiger charge is 2.20. The Morgan fingerprint density at radius 3 is 2.30 bits per heavy atom. The predicted octanol–water partition coefficient (Wildman–Crippen LogP) is 3.05. The first kappa shape index (κ1) is 16.0. The van der Waals surface area contributed by atoms with Crippen molar-refractivity contribution in [2.24, 2.45) is 0 Å². The zero-order chi connectivity index (χ0) is 15.0. The van der Waals surface area contributed by atoms with Crippen LogP contribution in [0, 0.1) is 0 Å². The number of nitrogen functional groups attached to an aromatic ring is 1. The van der Waals surface area contributed by atoms with E-state index in [1.54, 1.807) is 24.3 Å². The van der Waals surface area contributed by atoms with Gasteiger partial charge >= 0.3 is 5.97 Å². The van der Waals surface area contributed by atoms with E-state index in [4.69, 9.17) is 10.6 Å². The number of nitrogens with two attached hydrogens (primary N) is 1. The smallest absolute Gasteiger partial charge is 0.333 e. The van der Waals surface area contributed by atoms with Gasteiger partial charge in [-0.15, -0.1) is 5.06 Å². The summed E-state index contributed by atoms with van der Waals surface area (Å²) in [5, 5.41) is 1.08. The second kappa shape index (κ2) is 8.19. The quantitative estimate of drug-likeness (QED) is 0.641. The highest BCUT2D eigenvalue weighted by molar-refractivity contribution is 5.93. The molecule has 20 heavy (non-hydrogen) atoms. The summed E-state index contributed by atoms with van der Waals surface area (Å²) in [6, 6.07) is 6.67. The average Bonchev–Trinajstić information content (AvgIpc) is 2.43. The van der Waals surface area contributed by atoms with Crippen LogP contribution in [0.15, 0.2) is 24.3 Å². The van der Waals surface area contributed by atoms with E-state index >= 15 is 0 Å². The third-order valence-corrected chi connectivity index (χ3v) is 2.75. The monoisotopic (exact) mass is 278 g/mol. The fraction of sp³-hybridized carbons (Fsp3) is 0.467. The molecule has 0 saturated heterocycles. The molecule has 5 heteroatoms. The van der Waals surface area contributed by atoms with Crippen LogP contribution < -0.4 is 10.8 Å². The molecule has 0 saturated carbocycles. The number of unbranched alkanes of at least 4 members (excludes halogenated alkanes) is 1. The molecule has 1 aromatic carbocycles. The molecule has 0 aliphatic carbocycles. The van der Waals surface area contributed by atoms with E-state index < -0.39 is 5.97 Å². The maximum absolute atomic E-state index is 12.1. The standard InChI is InChI=1S/C15H22N2O3/c1-3-5-7-14(18)17(20-15(19)6-4-2)13-10-8-12(16)9-11-13/h8-11H,3-7,16H2,1-2H3. The summed E-state index contributed by atoms with van der Waals surface area (Å²) < 4.78 is 0. The lowest BCUT2D eigenvalue weighted by Gasteiger charge is -2.21. The summed E-state index contributed by atoms with van der Waals surface area (Å²) in [4.78, 5) is 29.0. The van der Waals surface area contributed by atoms with E-state index in [1.807, 2.05) is 13.8 Å². The minimum atomic E-state index is -0.408. The second-order valence-electron chi connectivity index (χ2n) is 4.60. The van der Waals surface area contributed by atoms with Crippen molar-refractivity contribution in [3.8, 4) is 0 Å². The second-order valence-corrected chi connectivity index (χ2v) is 4.60. The fourth-order valence-corrected chi connectivity index (χ4v) is 1.64. The molecule has 0 aromatic heterocycles. The lowest BCUT2D eigenvalue weighted by atomic mass is 10.2. The summed E-state index contributed by atoms with van der Waals surface area (Å²) in [5.41, 5.74) is 6.73. The van der Waals surface area contributed by atoms with E-state index in [2.05, 4.69) is 0 Å². The van der Waals surface area contributed by atoms with Gasteiger partial charge in [-0.3, -0.25) is 4.79 Å². The van der Waals surface area contributed by atoms with Gasteiger partial charge in [-0.05, 0) is 37.1 Å². The van der Waals surface area contributed by atoms with E-state index in [9.17, 15) is 9.59 Å². The lowest BCUT2D eigenvalue weighted by molar-refractivity contribution is -0.150. The molecular weight excluding hydrogens is 256 g/mol. The Morgan fingerprint density at radius 1 is 1.10 bits per heavy atom. The first-order valence-corrected chi connectivity index (χ1v) is 6.97. The molecule has 0 radical (unpaired) electrons. The average molecular weight is 278 g/mol. The van der Waals surface area contributed by atoms with E-state index in [0.29, 0.717) is 24.2 Å². The molecule has 0 bridgehead atoms. The highest BCUT2D eigenvalue weighted by atomic mass is 16.7. The van der Waals surface area contributed by atoms with Crippen molar-refractivity contribution >= 4 is 23.3 Å². The number of rotatable bonds is 6. The van der Waals surface area contributed by atoms with Crippen molar-refractivity contribution < 1.29 is 14.4 Å². The molecule has 1 amide bonds. The topological polar surface area (TPSA) is 72.6 Å². The van der Waals surface area contributed by atoms with Gasteiger partial charge in [-0.2, -0.15) is 0 Å². The van der Waals surface area contributed by atoms with Crippen LogP contribution in [0.25, 0.3) is 0 Å². The molecule has 0 heterocycles. The van der Waals surface area contributed by atoms with Crippen molar-refractivity contribution in [2.75, 3.05) is 10.8 Å². The SMILES string of the molecule is CCCCC(=O)N(OC(=O)CCC)c1ccc(N)cc1. The molecule has 0 atom stereocenters. The Morgan fingerprint density at radius 2 is 1.75 bits per heavy atom. The van der Waals surface area contributed by atoms with Crippen molar-refractivity contribution in [2.45, 2.75) is 46.0 Å². The zero-order valence-corrected chi connectivity index (χ0v) is 12.1. The number of hydroxylamine groups is 1. The predicted molar refractivity (Wildman–Crippen MR) is 78.9 cm³/mol. The summed E-state index contributed by atoms with van der Waals surface area (Å²) in [6.07, 6.45) is 2.98. The summed E-state index contributed by atoms with van der Waals surface area (Å²) >= 11 is 0. The largest absolute Gasteiger partial charge is 0.399 e. The van der Waals surface area contributed by atoms with Crippen molar-refractivity contribution in [3.63, 3.8) is 0 Å². The van der Waals surface area contributed by atoms with Crippen LogP contribution in [0.1, 0.15) is 46.0 Å². The number of carbonyl (C=O) groups is 2. The Kier molecular flexibility index (Phi) is 6.56. The van der Waals surface area contributed by atoms with Crippen molar-refractivity contribution in [1.82, 2.24) is 0 Å². The van der Waals surface area contributed by atoms with E-state index in [0.717, 1.165) is 17.9 Å². The van der Waals surface area contributed by atoms with Crippen molar-refractivity contribution in [1.29, 1.82) is 0 Å². The van der Waals surface area contributed by atoms with Crippen LogP contribution in [0.4, 0.5) is 11.4 Å². The molecule has 0 unspecified atom stereocenters. The Bertz CT molecular complexity index is 443. The van der Waals surface area contributed by atoms with Gasteiger partial charge in [0.1, 0.15) is 0 Å². The molecule has 1 aromatic rings. The first-order valence-electron chi connectivity index (χ1n) is 6.97. The maximum Gasteiger partial charge on any atom is 0.333 e. The molecule has 5 nitrogen and oxygen atoms in total. The molecule has 110 valence electrons. The van der Waals surface area contributed by atoms with Gasteiger partial charge in [0.15, 0.2) is 0 Å². The normalized spacial score (nSPS) is 10.1. The maximum atomic E-state index is 12.1. The van der Waals surface area contributed by atoms with Crippen LogP contribution >= 0.6 is 0 Å². The number of benzene rings is 1. The van der Waals surface area contributed by atoms with Crippen LogP contribution in [-0.2, 0) is 14.4 Å². The van der Waals surface area contributed by atoms with Gasteiger partial charge in [0.2, 0.25) is 0 Å². The number of hydrogen-bond acceptors (Lipinski definition) is 4. The summed E-state index contributed by atoms with van der Waals surface area (Å²) in [7, 11) is 0. The number of hydrogen-bond donors (Lipinski definition) is 1. The van der Waals surface area contributed by atoms with Gasteiger partial charge < -0.3 is 10.6 Å². The van der Waals surface area contributed by atoms with Gasteiger partial charge in [0.05, 0.1) is 5.69 Å². The van der Waals surface area contributed by atoms with E-state index in [-0.39, 0.29) is 12.3 Å². The number of amides is 1. The van der Waals surface area contributed by atoms with E-state index in [1.165, 1.54) is 0 Å². The van der Waals surface area contributed by atoms with Crippen molar-refractivity contribution in [3.05, 3.63) is 24.3 Å². The van der Waals surface area contributed by atoms with Crippen LogP contribution in [-0.4, -0.2) is 11.9 Å². The van der Waals surface area contributed by atoms with Crippen LogP contribution in [0.5, 0.6) is 0 Å². The number of carbonyl (C=O) groups excluding carboxylic acids is 2. The number of anilines is 2. The van der Waals surface area contributed by atoms with Gasteiger partial charge in [-0.1, -0.05) is 20.3 Å². The lowest BCUT2D eigenvalue weighted by Crippen LogP contribution is -2.33. The van der Waals surface area contributed by atoms with Gasteiger partial charge in [-0.25, -0.2) is 4.79 Å². The molecular formula is C15H22N2O3. The zero-order valence-electron chi connectivity index (χ0n) is 12.1.